The molecule has 0 spiro atoms. The maximum absolute atomic E-state index is 14.3. The predicted molar refractivity (Wildman–Crippen MR) is 338 cm³/mol. The monoisotopic (exact) mass is 1200 g/mol. The molecule has 15 nitrogen and oxygen atoms in total. The summed E-state index contributed by atoms with van der Waals surface area (Å²) < 4.78 is 4.05. The Kier molecular flexibility index (Phi) is 17.9. The summed E-state index contributed by atoms with van der Waals surface area (Å²) in [5, 5.41) is 11.8. The largest absolute Gasteiger partial charge is 0.333 e. The van der Waals surface area contributed by atoms with E-state index < -0.39 is 6.04 Å². The topological polar surface area (TPSA) is 158 Å². The van der Waals surface area contributed by atoms with Crippen LogP contribution in [0.15, 0.2) is 171 Å². The Hall–Kier alpha value is -8.02. The number of anilines is 2. The third-order valence-electron chi connectivity index (χ3n) is 16.7. The normalized spacial score (nSPS) is 18.4. The molecule has 4 aliphatic rings. The van der Waals surface area contributed by atoms with Crippen LogP contribution in [0.5, 0.6) is 0 Å². The lowest BCUT2D eigenvalue weighted by Crippen LogP contribution is -2.60. The van der Waals surface area contributed by atoms with Crippen LogP contribution in [0.2, 0.25) is 15.1 Å². The van der Waals surface area contributed by atoms with Crippen molar-refractivity contribution in [2.45, 2.75) is 83.2 Å². The van der Waals surface area contributed by atoms with Gasteiger partial charge in [-0.25, -0.2) is 9.97 Å². The second kappa shape index (κ2) is 26.3. The SMILES string of the molecule is Cc1cn(Cc2cccc(NC(=O)C3CN(C4c5ccc(Cl)cc5CCc5cccnc54)CCN3)c2)cn1.Cc1cn(Cc2cccc(NC(=O)C3CN(C4c5ccc(Cl)cc5CCc5cccnc54)CCN3C(=O)Cc3ccc(Cl)cc3)c2)cn1. The molecule has 2 aliphatic carbocycles. The average molecular weight is 1210 g/mol. The smallest absolute Gasteiger partial charge is 0.248 e. The first-order chi connectivity index (χ1) is 41.8. The van der Waals surface area contributed by atoms with Gasteiger partial charge >= 0.3 is 0 Å². The molecule has 6 heterocycles. The number of nitrogens with one attached hydrogen (secondary N) is 3. The Balaban J connectivity index is 0.000000173. The highest BCUT2D eigenvalue weighted by molar-refractivity contribution is 6.31. The summed E-state index contributed by atoms with van der Waals surface area (Å²) in [7, 11) is 0. The van der Waals surface area contributed by atoms with E-state index in [0.29, 0.717) is 55.0 Å². The molecule has 5 aromatic carbocycles. The first-order valence-corrected chi connectivity index (χ1v) is 30.4. The number of fused-ring (bicyclic) bond motifs is 4. The van der Waals surface area contributed by atoms with Crippen molar-refractivity contribution in [2.75, 3.05) is 49.9 Å². The lowest BCUT2D eigenvalue weighted by molar-refractivity contribution is -0.142. The number of halogens is 3. The van der Waals surface area contributed by atoms with Gasteiger partial charge in [-0.3, -0.25) is 34.2 Å². The maximum atomic E-state index is 14.3. The molecule has 2 fully saturated rings. The standard InChI is InChI=1S/C38H36Cl2N6O2.C30H31ClN6O/c1-25-21-44(24-42-25)22-27-4-2-6-32(18-27)43-38(48)34-23-45(16-17-46(34)35(47)19-26-7-11-30(39)12-8-26)37-33-14-13-31(40)20-29(33)10-9-28-5-3-15-41-36(28)37;1-20-16-36(19-34-20)17-21-4-2-6-25(14-21)35-30(38)27-18-37(13-12-32-27)29-26-10-9-24(31)15-23(26)8-7-22-5-3-11-33-28(22)29/h2-8,11-15,18,20-21,24,34,37H,9-10,16-17,19,22-23H2,1H3,(H,43,48);2-6,9-11,14-16,19,27,29,32H,7-8,12-13,17-18H2,1H3,(H,35,38). The van der Waals surface area contributed by atoms with Crippen LogP contribution in [-0.4, -0.2) is 113 Å². The zero-order valence-electron chi connectivity index (χ0n) is 48.1. The number of hydrogen-bond donors (Lipinski definition) is 3. The second-order valence-electron chi connectivity index (χ2n) is 22.7. The molecule has 2 saturated heterocycles. The summed E-state index contributed by atoms with van der Waals surface area (Å²) in [6.07, 6.45) is 15.1. The minimum absolute atomic E-state index is 0.0136. The molecule has 0 bridgehead atoms. The molecule has 9 aromatic rings. The fourth-order valence-electron chi connectivity index (χ4n) is 12.6. The van der Waals surface area contributed by atoms with Crippen LogP contribution in [0.25, 0.3) is 0 Å². The first kappa shape index (κ1) is 58.4. The zero-order chi connectivity index (χ0) is 59.3. The van der Waals surface area contributed by atoms with Gasteiger partial charge in [0.25, 0.3) is 0 Å². The molecule has 438 valence electrons. The van der Waals surface area contributed by atoms with Crippen molar-refractivity contribution in [1.82, 2.24) is 49.1 Å². The van der Waals surface area contributed by atoms with Crippen molar-refractivity contribution in [1.29, 1.82) is 0 Å². The fraction of sp³-hybridized carbons (Fsp3) is 0.279. The van der Waals surface area contributed by atoms with E-state index >= 15 is 0 Å². The van der Waals surface area contributed by atoms with Gasteiger partial charge in [-0.15, -0.1) is 0 Å². The van der Waals surface area contributed by atoms with Gasteiger partial charge in [-0.1, -0.05) is 95.5 Å². The second-order valence-corrected chi connectivity index (χ2v) is 24.1. The van der Waals surface area contributed by atoms with Crippen LogP contribution in [0.4, 0.5) is 11.4 Å². The van der Waals surface area contributed by atoms with E-state index in [0.717, 1.165) is 94.5 Å². The highest BCUT2D eigenvalue weighted by Crippen LogP contribution is 2.40. The van der Waals surface area contributed by atoms with Gasteiger partial charge in [0.1, 0.15) is 6.04 Å². The number of imidazole rings is 2. The molecule has 4 atom stereocenters. The molecule has 0 radical (unpaired) electrons. The number of benzene rings is 5. The third-order valence-corrected chi connectivity index (χ3v) is 17.4. The Morgan fingerprint density at radius 1 is 0.535 bits per heavy atom. The third kappa shape index (κ3) is 13.6. The number of amides is 3. The predicted octanol–water partition coefficient (Wildman–Crippen LogP) is 10.9. The Morgan fingerprint density at radius 3 is 1.60 bits per heavy atom. The maximum Gasteiger partial charge on any atom is 0.248 e. The minimum atomic E-state index is -0.732. The van der Waals surface area contributed by atoms with Crippen LogP contribution in [0, 0.1) is 13.8 Å². The minimum Gasteiger partial charge on any atom is -0.333 e. The lowest BCUT2D eigenvalue weighted by Gasteiger charge is -2.44. The number of carbonyl (C=O) groups is 3. The summed E-state index contributed by atoms with van der Waals surface area (Å²) in [5.74, 6) is -0.365. The number of hydrogen-bond acceptors (Lipinski definition) is 10. The fourth-order valence-corrected chi connectivity index (χ4v) is 13.1. The van der Waals surface area contributed by atoms with Crippen molar-refractivity contribution < 1.29 is 14.4 Å². The quantitative estimate of drug-likeness (QED) is 0.108. The Labute approximate surface area is 516 Å². The van der Waals surface area contributed by atoms with Gasteiger partial charge in [-0.2, -0.15) is 0 Å². The van der Waals surface area contributed by atoms with Gasteiger partial charge < -0.3 is 30.0 Å². The van der Waals surface area contributed by atoms with Crippen LogP contribution >= 0.6 is 34.8 Å². The molecular formula is C68H67Cl3N12O3. The summed E-state index contributed by atoms with van der Waals surface area (Å²) in [5.41, 5.74) is 15.7. The van der Waals surface area contributed by atoms with E-state index in [1.165, 1.54) is 27.8 Å². The highest BCUT2D eigenvalue weighted by atomic mass is 35.5. The van der Waals surface area contributed by atoms with Crippen molar-refractivity contribution in [3.8, 4) is 0 Å². The van der Waals surface area contributed by atoms with Crippen molar-refractivity contribution in [3.63, 3.8) is 0 Å². The average Bonchev–Trinajstić information content (AvgIpc) is 2.02. The van der Waals surface area contributed by atoms with Crippen molar-refractivity contribution >= 4 is 63.9 Å². The molecule has 4 unspecified atom stereocenters. The molecule has 86 heavy (non-hydrogen) atoms. The molecule has 0 saturated carbocycles. The highest BCUT2D eigenvalue weighted by Gasteiger charge is 2.41. The Morgan fingerprint density at radius 2 is 1.06 bits per heavy atom. The van der Waals surface area contributed by atoms with Gasteiger partial charge in [0, 0.05) is 104 Å². The van der Waals surface area contributed by atoms with Crippen LogP contribution in [0.3, 0.4) is 0 Å². The summed E-state index contributed by atoms with van der Waals surface area (Å²) >= 11 is 18.9. The Bertz CT molecular complexity index is 3920. The van der Waals surface area contributed by atoms with E-state index in [4.69, 9.17) is 44.8 Å². The molecule has 3 N–H and O–H groups in total. The van der Waals surface area contributed by atoms with Gasteiger partial charge in [0.15, 0.2) is 0 Å². The zero-order valence-corrected chi connectivity index (χ0v) is 50.3. The van der Waals surface area contributed by atoms with Gasteiger partial charge in [0.2, 0.25) is 17.7 Å². The van der Waals surface area contributed by atoms with E-state index in [2.05, 4.69) is 72.1 Å². The number of piperazine rings is 2. The number of pyridine rings is 2. The first-order valence-electron chi connectivity index (χ1n) is 29.3. The van der Waals surface area contributed by atoms with E-state index in [9.17, 15) is 14.4 Å². The van der Waals surface area contributed by atoms with Crippen LogP contribution < -0.4 is 16.0 Å². The number of rotatable bonds is 12. The van der Waals surface area contributed by atoms with Crippen LogP contribution in [0.1, 0.15) is 84.9 Å². The summed E-state index contributed by atoms with van der Waals surface area (Å²) in [4.78, 5) is 66.4. The lowest BCUT2D eigenvalue weighted by atomic mass is 9.95. The van der Waals surface area contributed by atoms with Crippen LogP contribution in [-0.2, 0) is 59.6 Å². The van der Waals surface area contributed by atoms with E-state index in [1.54, 1.807) is 23.4 Å². The summed E-state index contributed by atoms with van der Waals surface area (Å²) in [6.45, 7) is 8.72. The van der Waals surface area contributed by atoms with Gasteiger partial charge in [0.05, 0.1) is 60.0 Å². The molecular weight excluding hydrogens is 1140 g/mol. The number of aromatic nitrogens is 6. The molecule has 4 aromatic heterocycles. The number of aryl methyl sites for hydroxylation is 6. The van der Waals surface area contributed by atoms with Gasteiger partial charge in [-0.05, 0) is 162 Å². The molecule has 3 amide bonds. The molecule has 18 heteroatoms. The van der Waals surface area contributed by atoms with Crippen molar-refractivity contribution in [2.24, 2.45) is 0 Å². The number of nitrogens with zero attached hydrogens (tertiary/aromatic N) is 9. The molecule has 2 aliphatic heterocycles. The summed E-state index contributed by atoms with van der Waals surface area (Å²) in [6, 6.07) is 42.4. The van der Waals surface area contributed by atoms with Crippen molar-refractivity contribution in [3.05, 3.63) is 259 Å². The van der Waals surface area contributed by atoms with E-state index in [-0.39, 0.29) is 42.3 Å². The molecule has 13 rings (SSSR count). The van der Waals surface area contributed by atoms with E-state index in [1.807, 2.05) is 139 Å². The number of carbonyl (C=O) groups excluding carboxylic acids is 3.